The standard InChI is InChI=1S/C54H53FN4O/c1-52(2,3)36-14-12-15-39(29-36)57-34-58(49-19-11-10-18-48(49)57)40-16-13-17-41(32-40)60-42-22-24-44-45-31-38(55)21-25-47(45)59(50(44)33-42)51-28-35(26-27-56-51)43-23-20-37(53(4,5)6)30-46(43)54(7,8)9/h10-33H,34H2,1-9H3. The molecule has 8 aromatic rings. The summed E-state index contributed by atoms with van der Waals surface area (Å²) in [7, 11) is 0. The van der Waals surface area contributed by atoms with Crippen LogP contribution in [0, 0.1) is 5.82 Å². The van der Waals surface area contributed by atoms with Crippen molar-refractivity contribution in [3.63, 3.8) is 0 Å². The van der Waals surface area contributed by atoms with Gasteiger partial charge >= 0.3 is 0 Å². The van der Waals surface area contributed by atoms with Crippen LogP contribution in [-0.4, -0.2) is 16.2 Å². The summed E-state index contributed by atoms with van der Waals surface area (Å²) in [5, 5.41) is 1.74. The maximum Gasteiger partial charge on any atom is 0.138 e. The van der Waals surface area contributed by atoms with Crippen molar-refractivity contribution in [2.45, 2.75) is 78.6 Å². The van der Waals surface area contributed by atoms with Crippen molar-refractivity contribution in [2.24, 2.45) is 0 Å². The Bertz CT molecular complexity index is 2920. The quantitative estimate of drug-likeness (QED) is 0.168. The van der Waals surface area contributed by atoms with Gasteiger partial charge in [0.2, 0.25) is 0 Å². The van der Waals surface area contributed by atoms with Crippen LogP contribution in [0.1, 0.15) is 79.0 Å². The lowest BCUT2D eigenvalue weighted by atomic mass is 9.77. The molecule has 0 unspecified atom stereocenters. The molecule has 60 heavy (non-hydrogen) atoms. The molecule has 0 bridgehead atoms. The van der Waals surface area contributed by atoms with Gasteiger partial charge in [-0.3, -0.25) is 4.57 Å². The highest BCUT2D eigenvalue weighted by atomic mass is 19.1. The van der Waals surface area contributed by atoms with Crippen LogP contribution in [0.15, 0.2) is 146 Å². The largest absolute Gasteiger partial charge is 0.457 e. The van der Waals surface area contributed by atoms with Gasteiger partial charge in [0.15, 0.2) is 0 Å². The molecular formula is C54H53FN4O. The number of benzene rings is 6. The molecule has 0 saturated carbocycles. The molecule has 1 aliphatic heterocycles. The molecule has 2 aromatic heterocycles. The number of hydrogen-bond donors (Lipinski definition) is 0. The van der Waals surface area contributed by atoms with Crippen LogP contribution in [0.4, 0.5) is 27.1 Å². The van der Waals surface area contributed by atoms with Gasteiger partial charge in [-0.25, -0.2) is 9.37 Å². The van der Waals surface area contributed by atoms with Crippen molar-refractivity contribution in [2.75, 3.05) is 16.5 Å². The number of hydrogen-bond acceptors (Lipinski definition) is 4. The van der Waals surface area contributed by atoms with Crippen LogP contribution in [0.3, 0.4) is 0 Å². The van der Waals surface area contributed by atoms with Crippen LogP contribution >= 0.6 is 0 Å². The van der Waals surface area contributed by atoms with Gasteiger partial charge in [0, 0.05) is 40.5 Å². The SMILES string of the molecule is CC(C)(C)c1cccc(N2CN(c3cccc(Oc4ccc5c6cc(F)ccc6n(-c6cc(-c7ccc(C(C)(C)C)cc7C(C)(C)C)ccn6)c5c4)c3)c3ccccc32)c1. The van der Waals surface area contributed by atoms with E-state index in [1.165, 1.54) is 39.7 Å². The first kappa shape index (κ1) is 39.1. The molecule has 0 atom stereocenters. The molecule has 302 valence electrons. The molecule has 0 amide bonds. The van der Waals surface area contributed by atoms with Crippen LogP contribution in [0.2, 0.25) is 0 Å². The van der Waals surface area contributed by atoms with Gasteiger partial charge in [0.1, 0.15) is 29.8 Å². The molecular weight excluding hydrogens is 740 g/mol. The number of ether oxygens (including phenoxy) is 1. The highest BCUT2D eigenvalue weighted by Gasteiger charge is 2.29. The number of nitrogens with zero attached hydrogens (tertiary/aromatic N) is 4. The Morgan fingerprint density at radius 3 is 1.90 bits per heavy atom. The van der Waals surface area contributed by atoms with Crippen LogP contribution in [0.25, 0.3) is 38.8 Å². The fourth-order valence-electron chi connectivity index (χ4n) is 8.52. The fourth-order valence-corrected chi connectivity index (χ4v) is 8.52. The molecule has 1 aliphatic rings. The molecule has 3 heterocycles. The molecule has 5 nitrogen and oxygen atoms in total. The third-order valence-corrected chi connectivity index (χ3v) is 11.8. The highest BCUT2D eigenvalue weighted by Crippen LogP contribution is 2.46. The second kappa shape index (κ2) is 14.4. The molecule has 0 N–H and O–H groups in total. The van der Waals surface area contributed by atoms with Gasteiger partial charge in [-0.1, -0.05) is 111 Å². The number of fused-ring (bicyclic) bond motifs is 4. The average Bonchev–Trinajstić information content (AvgIpc) is 3.76. The van der Waals surface area contributed by atoms with Crippen molar-refractivity contribution in [1.29, 1.82) is 0 Å². The predicted molar refractivity (Wildman–Crippen MR) is 249 cm³/mol. The average molecular weight is 793 g/mol. The number of halogens is 1. The zero-order chi connectivity index (χ0) is 42.1. The third kappa shape index (κ3) is 7.19. The maximum atomic E-state index is 14.9. The second-order valence-electron chi connectivity index (χ2n) is 19.2. The second-order valence-corrected chi connectivity index (χ2v) is 19.2. The first-order valence-electron chi connectivity index (χ1n) is 20.9. The maximum absolute atomic E-state index is 14.9. The first-order valence-corrected chi connectivity index (χ1v) is 20.9. The molecule has 0 aliphatic carbocycles. The van der Waals surface area contributed by atoms with Gasteiger partial charge in [-0.2, -0.15) is 0 Å². The van der Waals surface area contributed by atoms with Crippen molar-refractivity contribution >= 4 is 44.6 Å². The van der Waals surface area contributed by atoms with E-state index in [0.29, 0.717) is 12.4 Å². The van der Waals surface area contributed by atoms with Gasteiger partial charge in [-0.05, 0) is 123 Å². The minimum atomic E-state index is -0.280. The molecule has 0 saturated heterocycles. The van der Waals surface area contributed by atoms with E-state index < -0.39 is 0 Å². The molecule has 0 radical (unpaired) electrons. The van der Waals surface area contributed by atoms with Gasteiger partial charge in [0.25, 0.3) is 0 Å². The summed E-state index contributed by atoms with van der Waals surface area (Å²) in [5.41, 5.74) is 12.4. The van der Waals surface area contributed by atoms with E-state index in [2.05, 4.69) is 168 Å². The molecule has 9 rings (SSSR count). The zero-order valence-corrected chi connectivity index (χ0v) is 36.1. The lowest BCUT2D eigenvalue weighted by Gasteiger charge is -2.27. The van der Waals surface area contributed by atoms with Crippen LogP contribution in [-0.2, 0) is 16.2 Å². The van der Waals surface area contributed by atoms with Gasteiger partial charge in [0.05, 0.1) is 22.4 Å². The van der Waals surface area contributed by atoms with Crippen molar-refractivity contribution < 1.29 is 9.13 Å². The normalized spacial score (nSPS) is 13.4. The molecule has 6 aromatic carbocycles. The Labute approximate surface area is 353 Å². The Morgan fingerprint density at radius 2 is 1.20 bits per heavy atom. The number of rotatable bonds is 6. The summed E-state index contributed by atoms with van der Waals surface area (Å²) in [6, 6.07) is 47.8. The molecule has 0 fully saturated rings. The van der Waals surface area contributed by atoms with Gasteiger partial charge in [-0.15, -0.1) is 0 Å². The van der Waals surface area contributed by atoms with E-state index >= 15 is 0 Å². The Kier molecular flexibility index (Phi) is 9.38. The highest BCUT2D eigenvalue weighted by molar-refractivity contribution is 6.09. The number of anilines is 4. The summed E-state index contributed by atoms with van der Waals surface area (Å²) >= 11 is 0. The van der Waals surface area contributed by atoms with Crippen molar-refractivity contribution in [3.05, 3.63) is 168 Å². The zero-order valence-electron chi connectivity index (χ0n) is 36.1. The summed E-state index contributed by atoms with van der Waals surface area (Å²) < 4.78 is 23.7. The van der Waals surface area contributed by atoms with E-state index in [-0.39, 0.29) is 22.1 Å². The van der Waals surface area contributed by atoms with E-state index in [4.69, 9.17) is 9.72 Å². The summed E-state index contributed by atoms with van der Waals surface area (Å²) in [5.74, 6) is 1.87. The van der Waals surface area contributed by atoms with Crippen molar-refractivity contribution in [1.82, 2.24) is 9.55 Å². The van der Waals surface area contributed by atoms with E-state index in [9.17, 15) is 4.39 Å². The minimum Gasteiger partial charge on any atom is -0.457 e. The van der Waals surface area contributed by atoms with E-state index in [1.54, 1.807) is 6.07 Å². The Balaban J connectivity index is 1.09. The predicted octanol–water partition coefficient (Wildman–Crippen LogP) is 14.9. The number of pyridine rings is 1. The lowest BCUT2D eigenvalue weighted by molar-refractivity contribution is 0.483. The van der Waals surface area contributed by atoms with Crippen LogP contribution in [0.5, 0.6) is 11.5 Å². The molecule has 6 heteroatoms. The fraction of sp³-hybridized carbons (Fsp3) is 0.241. The monoisotopic (exact) mass is 792 g/mol. The topological polar surface area (TPSA) is 33.5 Å². The third-order valence-electron chi connectivity index (χ3n) is 11.8. The lowest BCUT2D eigenvalue weighted by Crippen LogP contribution is -2.24. The van der Waals surface area contributed by atoms with E-state index in [0.717, 1.165) is 50.3 Å². The summed E-state index contributed by atoms with van der Waals surface area (Å²) in [4.78, 5) is 9.64. The van der Waals surface area contributed by atoms with Crippen molar-refractivity contribution in [3.8, 4) is 28.4 Å². The summed E-state index contributed by atoms with van der Waals surface area (Å²) in [6.45, 7) is 21.0. The Hall–Kier alpha value is -6.40. The number of aromatic nitrogens is 2. The summed E-state index contributed by atoms with van der Waals surface area (Å²) in [6.07, 6.45) is 1.88. The van der Waals surface area contributed by atoms with E-state index in [1.807, 2.05) is 42.6 Å². The molecule has 0 spiro atoms. The Morgan fingerprint density at radius 1 is 0.533 bits per heavy atom. The smallest absolute Gasteiger partial charge is 0.138 e. The van der Waals surface area contributed by atoms with Crippen LogP contribution < -0.4 is 14.5 Å². The first-order chi connectivity index (χ1) is 28.5. The minimum absolute atomic E-state index is 0.0290. The number of para-hydroxylation sites is 2. The van der Waals surface area contributed by atoms with Gasteiger partial charge < -0.3 is 14.5 Å².